The number of carbonyl (C=O) groups excluding carboxylic acids is 3. The van der Waals surface area contributed by atoms with E-state index in [1.54, 1.807) is 30.3 Å². The summed E-state index contributed by atoms with van der Waals surface area (Å²) in [5.74, 6) is -0.0899. The van der Waals surface area contributed by atoms with Crippen LogP contribution in [0.4, 0.5) is 4.79 Å². The largest absolute Gasteiger partial charge is 0.492 e. The second kappa shape index (κ2) is 9.92. The zero-order valence-electron chi connectivity index (χ0n) is 15.1. The number of benzene rings is 2. The first-order chi connectivity index (χ1) is 13.8. The first kappa shape index (κ1) is 22.8. The lowest BCUT2D eigenvalue weighted by Gasteiger charge is -2.12. The number of hydrogen-bond donors (Lipinski definition) is 0. The Kier molecular flexibility index (Phi) is 7.79. The van der Waals surface area contributed by atoms with Crippen molar-refractivity contribution in [3.63, 3.8) is 0 Å². The van der Waals surface area contributed by atoms with Crippen molar-refractivity contribution in [1.82, 2.24) is 4.90 Å². The Morgan fingerprint density at radius 2 is 1.90 bits per heavy atom. The van der Waals surface area contributed by atoms with Crippen LogP contribution < -0.4 is 4.74 Å². The molecule has 0 saturated carbocycles. The summed E-state index contributed by atoms with van der Waals surface area (Å²) >= 11 is 8.53. The zero-order valence-corrected chi connectivity index (χ0v) is 21.8. The molecule has 0 radical (unpaired) electrons. The van der Waals surface area contributed by atoms with E-state index in [4.69, 9.17) is 4.74 Å². The van der Waals surface area contributed by atoms with Crippen molar-refractivity contribution in [2.24, 2.45) is 0 Å². The van der Waals surface area contributed by atoms with Crippen LogP contribution in [0.15, 0.2) is 45.8 Å². The fourth-order valence-corrected chi connectivity index (χ4v) is 5.77. The van der Waals surface area contributed by atoms with Gasteiger partial charge in [-0.05, 0) is 94.2 Å². The van der Waals surface area contributed by atoms with E-state index >= 15 is 0 Å². The highest BCUT2D eigenvalue weighted by molar-refractivity contribution is 14.1. The van der Waals surface area contributed by atoms with Gasteiger partial charge in [0.1, 0.15) is 5.75 Å². The van der Waals surface area contributed by atoms with Gasteiger partial charge in [0, 0.05) is 19.2 Å². The number of ketones is 1. The third-order valence-corrected chi connectivity index (χ3v) is 6.81. The first-order valence-electron chi connectivity index (χ1n) is 8.46. The molecule has 1 aliphatic rings. The summed E-state index contributed by atoms with van der Waals surface area (Å²) in [5.41, 5.74) is 1.18. The van der Waals surface area contributed by atoms with Crippen LogP contribution in [-0.2, 0) is 4.79 Å². The Balaban J connectivity index is 1.85. The number of amides is 2. The summed E-state index contributed by atoms with van der Waals surface area (Å²) in [6.45, 7) is 2.09. The molecular weight excluding hydrogens is 684 g/mol. The monoisotopic (exact) mass is 697 g/mol. The summed E-state index contributed by atoms with van der Waals surface area (Å²) in [4.78, 5) is 38.9. The molecule has 2 amide bonds. The van der Waals surface area contributed by atoms with Gasteiger partial charge in [0.15, 0.2) is 5.78 Å². The summed E-state index contributed by atoms with van der Waals surface area (Å²) in [5, 5.41) is -0.454. The number of thioether (sulfide) groups is 1. The molecule has 0 N–H and O–H groups in total. The van der Waals surface area contributed by atoms with E-state index in [0.717, 1.165) is 33.8 Å². The van der Waals surface area contributed by atoms with E-state index < -0.39 is 11.1 Å². The van der Waals surface area contributed by atoms with Crippen molar-refractivity contribution in [2.75, 3.05) is 13.2 Å². The van der Waals surface area contributed by atoms with Gasteiger partial charge in [0.05, 0.1) is 21.6 Å². The highest BCUT2D eigenvalue weighted by Crippen LogP contribution is 2.36. The molecular formula is C20H14BrI2NO4S. The Morgan fingerprint density at radius 3 is 2.55 bits per heavy atom. The van der Waals surface area contributed by atoms with E-state index in [1.165, 1.54) is 0 Å². The Labute approximate surface area is 208 Å². The smallest absolute Gasteiger partial charge is 0.293 e. The number of Topliss-reactive ketones (excluding diaryl/α,β-unsaturated/α-hetero) is 1. The van der Waals surface area contributed by atoms with Gasteiger partial charge in [-0.2, -0.15) is 0 Å². The predicted molar refractivity (Wildman–Crippen MR) is 134 cm³/mol. The molecule has 29 heavy (non-hydrogen) atoms. The van der Waals surface area contributed by atoms with Gasteiger partial charge in [0.25, 0.3) is 11.1 Å². The summed E-state index contributed by atoms with van der Waals surface area (Å²) in [7, 11) is 0. The molecule has 5 nitrogen and oxygen atoms in total. The lowest BCUT2D eigenvalue weighted by Crippen LogP contribution is -2.33. The molecule has 1 saturated heterocycles. The normalized spacial score (nSPS) is 15.3. The van der Waals surface area contributed by atoms with Gasteiger partial charge >= 0.3 is 0 Å². The van der Waals surface area contributed by atoms with Crippen LogP contribution >= 0.6 is 72.9 Å². The van der Waals surface area contributed by atoms with Gasteiger partial charge in [-0.1, -0.05) is 28.1 Å². The second-order valence-electron chi connectivity index (χ2n) is 5.94. The standard InChI is InChI=1S/C20H14BrI2NO4S/c1-2-28-18-12(7-14(22)9-15(18)23)8-17-19(26)24(20(27)29-17)10-16(25)11-3-5-13(21)6-4-11/h3-9H,2,10H2,1H3/b17-8+. The number of carbonyl (C=O) groups is 3. The Bertz CT molecular complexity index is 1020. The average molecular weight is 698 g/mol. The summed E-state index contributed by atoms with van der Waals surface area (Å²) in [6.07, 6.45) is 1.66. The number of imide groups is 1. The molecule has 2 aromatic carbocycles. The molecule has 0 unspecified atom stereocenters. The number of halogens is 3. The molecule has 1 aliphatic heterocycles. The molecule has 150 valence electrons. The molecule has 2 aromatic rings. The van der Waals surface area contributed by atoms with Crippen LogP contribution in [0, 0.1) is 7.14 Å². The number of rotatable bonds is 6. The highest BCUT2D eigenvalue weighted by atomic mass is 127. The fourth-order valence-electron chi connectivity index (χ4n) is 2.63. The Morgan fingerprint density at radius 1 is 1.21 bits per heavy atom. The lowest BCUT2D eigenvalue weighted by molar-refractivity contribution is -0.122. The minimum Gasteiger partial charge on any atom is -0.492 e. The molecule has 0 spiro atoms. The predicted octanol–water partition coefficient (Wildman–Crippen LogP) is 5.98. The SMILES string of the molecule is CCOc1c(I)cc(I)cc1/C=C1/SC(=O)N(CC(=O)c2ccc(Br)cc2)C1=O. The van der Waals surface area contributed by atoms with Crippen molar-refractivity contribution in [1.29, 1.82) is 0 Å². The maximum absolute atomic E-state index is 12.8. The van der Waals surface area contributed by atoms with E-state index in [0.29, 0.717) is 17.9 Å². The van der Waals surface area contributed by atoms with Crippen LogP contribution in [0.2, 0.25) is 0 Å². The molecule has 0 aromatic heterocycles. The van der Waals surface area contributed by atoms with Crippen molar-refractivity contribution >= 4 is 95.9 Å². The van der Waals surface area contributed by atoms with Crippen LogP contribution in [-0.4, -0.2) is 35.0 Å². The number of ether oxygens (including phenoxy) is 1. The van der Waals surface area contributed by atoms with Gasteiger partial charge in [-0.3, -0.25) is 19.3 Å². The van der Waals surface area contributed by atoms with Crippen molar-refractivity contribution in [3.8, 4) is 5.75 Å². The van der Waals surface area contributed by atoms with Gasteiger partial charge in [-0.25, -0.2) is 0 Å². The molecule has 9 heteroatoms. The quantitative estimate of drug-likeness (QED) is 0.211. The summed E-state index contributed by atoms with van der Waals surface area (Å²) in [6, 6.07) is 10.7. The molecule has 0 atom stereocenters. The van der Waals surface area contributed by atoms with Crippen molar-refractivity contribution in [2.45, 2.75) is 6.92 Å². The lowest BCUT2D eigenvalue weighted by atomic mass is 10.1. The molecule has 1 fully saturated rings. The van der Waals surface area contributed by atoms with Crippen molar-refractivity contribution < 1.29 is 19.1 Å². The average Bonchev–Trinajstić information content (AvgIpc) is 2.92. The van der Waals surface area contributed by atoms with E-state index in [2.05, 4.69) is 61.1 Å². The minimum atomic E-state index is -0.471. The van der Waals surface area contributed by atoms with Crippen LogP contribution in [0.3, 0.4) is 0 Å². The second-order valence-corrected chi connectivity index (χ2v) is 10.3. The first-order valence-corrected chi connectivity index (χ1v) is 12.2. The molecule has 1 heterocycles. The van der Waals surface area contributed by atoms with Gasteiger partial charge in [-0.15, -0.1) is 0 Å². The molecule has 0 bridgehead atoms. The van der Waals surface area contributed by atoms with Crippen LogP contribution in [0.5, 0.6) is 5.75 Å². The van der Waals surface area contributed by atoms with Crippen LogP contribution in [0.25, 0.3) is 6.08 Å². The number of hydrogen-bond acceptors (Lipinski definition) is 5. The topological polar surface area (TPSA) is 63.7 Å². The highest BCUT2D eigenvalue weighted by Gasteiger charge is 2.36. The zero-order chi connectivity index (χ0) is 21.1. The van der Waals surface area contributed by atoms with Gasteiger partial charge in [0.2, 0.25) is 0 Å². The summed E-state index contributed by atoms with van der Waals surface area (Å²) < 4.78 is 8.48. The fraction of sp³-hybridized carbons (Fsp3) is 0.150. The maximum Gasteiger partial charge on any atom is 0.293 e. The molecule has 0 aliphatic carbocycles. The van der Waals surface area contributed by atoms with E-state index in [1.807, 2.05) is 19.1 Å². The Hall–Kier alpha value is -0.920. The number of nitrogens with zero attached hydrogens (tertiary/aromatic N) is 1. The van der Waals surface area contributed by atoms with Gasteiger partial charge < -0.3 is 4.74 Å². The third-order valence-electron chi connectivity index (χ3n) is 3.95. The molecule has 3 rings (SSSR count). The maximum atomic E-state index is 12.8. The van der Waals surface area contributed by atoms with E-state index in [9.17, 15) is 14.4 Å². The van der Waals surface area contributed by atoms with E-state index in [-0.39, 0.29) is 17.2 Å². The minimum absolute atomic E-state index is 0.275. The van der Waals surface area contributed by atoms with Crippen LogP contribution in [0.1, 0.15) is 22.8 Å². The third kappa shape index (κ3) is 5.42. The van der Waals surface area contributed by atoms with Crippen molar-refractivity contribution in [3.05, 3.63) is 64.0 Å².